The monoisotopic (exact) mass is 253 g/mol. The van der Waals surface area contributed by atoms with Crippen molar-refractivity contribution in [2.45, 2.75) is 32.2 Å². The highest BCUT2D eigenvalue weighted by molar-refractivity contribution is 5.52. The molecule has 2 fully saturated rings. The van der Waals surface area contributed by atoms with Crippen LogP contribution in [0.2, 0.25) is 0 Å². The highest BCUT2D eigenvalue weighted by Gasteiger charge is 2.33. The smallest absolute Gasteiger partial charge is 0.173 e. The number of nitrogens with one attached hydrogen (secondary N) is 1. The van der Waals surface area contributed by atoms with Gasteiger partial charge in [0.05, 0.1) is 12.7 Å². The SMILES string of the molecule is CNC(/C=C\C1ON1CC=O)N1CCC(C)CC1. The third-order valence-electron chi connectivity index (χ3n) is 3.70. The lowest BCUT2D eigenvalue weighted by Gasteiger charge is -2.35. The van der Waals surface area contributed by atoms with Crippen molar-refractivity contribution in [3.63, 3.8) is 0 Å². The van der Waals surface area contributed by atoms with E-state index < -0.39 is 0 Å². The predicted octanol–water partition coefficient (Wildman–Crippen LogP) is 0.592. The van der Waals surface area contributed by atoms with E-state index >= 15 is 0 Å². The van der Waals surface area contributed by atoms with E-state index in [2.05, 4.69) is 23.2 Å². The van der Waals surface area contributed by atoms with Gasteiger partial charge in [0.15, 0.2) is 6.23 Å². The molecule has 0 bridgehead atoms. The molecule has 2 rings (SSSR count). The van der Waals surface area contributed by atoms with E-state index in [-0.39, 0.29) is 12.4 Å². The van der Waals surface area contributed by atoms with Crippen molar-refractivity contribution in [2.75, 3.05) is 26.7 Å². The molecule has 3 atom stereocenters. The van der Waals surface area contributed by atoms with Crippen LogP contribution in [0.3, 0.4) is 0 Å². The van der Waals surface area contributed by atoms with Crippen molar-refractivity contribution in [3.8, 4) is 0 Å². The van der Waals surface area contributed by atoms with Crippen molar-refractivity contribution in [2.24, 2.45) is 5.92 Å². The number of likely N-dealkylation sites (tertiary alicyclic amines) is 1. The largest absolute Gasteiger partial charge is 0.302 e. The summed E-state index contributed by atoms with van der Waals surface area (Å²) >= 11 is 0. The normalized spacial score (nSPS) is 31.7. The van der Waals surface area contributed by atoms with Crippen LogP contribution in [-0.2, 0) is 9.63 Å². The van der Waals surface area contributed by atoms with Crippen molar-refractivity contribution in [1.82, 2.24) is 15.3 Å². The fourth-order valence-electron chi connectivity index (χ4n) is 2.37. The average molecular weight is 253 g/mol. The van der Waals surface area contributed by atoms with Crippen LogP contribution >= 0.6 is 0 Å². The molecule has 2 heterocycles. The maximum absolute atomic E-state index is 10.3. The first-order chi connectivity index (χ1) is 8.74. The molecule has 2 aliphatic heterocycles. The second-order valence-corrected chi connectivity index (χ2v) is 5.10. The maximum Gasteiger partial charge on any atom is 0.173 e. The van der Waals surface area contributed by atoms with Crippen LogP contribution in [-0.4, -0.2) is 55.3 Å². The summed E-state index contributed by atoms with van der Waals surface area (Å²) in [5.74, 6) is 0.845. The number of aldehydes is 1. The lowest BCUT2D eigenvalue weighted by Crippen LogP contribution is -2.46. The van der Waals surface area contributed by atoms with Gasteiger partial charge in [0.25, 0.3) is 0 Å². The molecule has 0 saturated carbocycles. The first-order valence-electron chi connectivity index (χ1n) is 6.71. The minimum Gasteiger partial charge on any atom is -0.302 e. The van der Waals surface area contributed by atoms with Crippen LogP contribution in [0.25, 0.3) is 0 Å². The third-order valence-corrected chi connectivity index (χ3v) is 3.70. The summed E-state index contributed by atoms with van der Waals surface area (Å²) < 4.78 is 0. The number of rotatable bonds is 6. The van der Waals surface area contributed by atoms with Gasteiger partial charge in [-0.05, 0) is 31.9 Å². The molecular formula is C13H23N3O2. The first kappa shape index (κ1) is 13.7. The molecule has 0 spiro atoms. The Bertz CT molecular complexity index is 301. The van der Waals surface area contributed by atoms with Gasteiger partial charge >= 0.3 is 0 Å². The van der Waals surface area contributed by atoms with E-state index in [4.69, 9.17) is 4.84 Å². The summed E-state index contributed by atoms with van der Waals surface area (Å²) in [5, 5.41) is 4.97. The molecule has 102 valence electrons. The van der Waals surface area contributed by atoms with Crippen molar-refractivity contribution >= 4 is 6.29 Å². The Balaban J connectivity index is 1.78. The first-order valence-corrected chi connectivity index (χ1v) is 6.71. The highest BCUT2D eigenvalue weighted by atomic mass is 16.8. The van der Waals surface area contributed by atoms with Crippen LogP contribution in [0.15, 0.2) is 12.2 Å². The predicted molar refractivity (Wildman–Crippen MR) is 69.6 cm³/mol. The lowest BCUT2D eigenvalue weighted by molar-refractivity contribution is -0.109. The van der Waals surface area contributed by atoms with Gasteiger partial charge in [-0.15, -0.1) is 5.06 Å². The van der Waals surface area contributed by atoms with Crippen molar-refractivity contribution in [3.05, 3.63) is 12.2 Å². The summed E-state index contributed by atoms with van der Waals surface area (Å²) in [5.41, 5.74) is 0. The van der Waals surface area contributed by atoms with Crippen molar-refractivity contribution < 1.29 is 9.63 Å². The Morgan fingerprint density at radius 1 is 1.44 bits per heavy atom. The molecule has 0 radical (unpaired) electrons. The molecule has 1 N–H and O–H groups in total. The number of carbonyl (C=O) groups is 1. The topological polar surface area (TPSA) is 47.9 Å². The fourth-order valence-corrected chi connectivity index (χ4v) is 2.37. The number of hydrogen-bond acceptors (Lipinski definition) is 5. The fraction of sp³-hybridized carbons (Fsp3) is 0.769. The molecule has 0 aromatic rings. The van der Waals surface area contributed by atoms with Gasteiger partial charge in [0.1, 0.15) is 6.29 Å². The van der Waals surface area contributed by atoms with Gasteiger partial charge in [-0.1, -0.05) is 13.0 Å². The van der Waals surface area contributed by atoms with Crippen LogP contribution in [0, 0.1) is 5.92 Å². The van der Waals surface area contributed by atoms with E-state index in [0.29, 0.717) is 6.54 Å². The lowest BCUT2D eigenvalue weighted by atomic mass is 9.99. The van der Waals surface area contributed by atoms with Gasteiger partial charge < -0.3 is 10.1 Å². The van der Waals surface area contributed by atoms with Crippen LogP contribution < -0.4 is 5.32 Å². The van der Waals surface area contributed by atoms with E-state index in [1.165, 1.54) is 12.8 Å². The van der Waals surface area contributed by atoms with Crippen LogP contribution in [0.4, 0.5) is 0 Å². The summed E-state index contributed by atoms with van der Waals surface area (Å²) in [4.78, 5) is 18.0. The summed E-state index contributed by atoms with van der Waals surface area (Å²) in [6.45, 7) is 4.94. The molecule has 2 saturated heterocycles. The zero-order valence-corrected chi connectivity index (χ0v) is 11.2. The highest BCUT2D eigenvalue weighted by Crippen LogP contribution is 2.21. The number of hydroxylamine groups is 2. The van der Waals surface area contributed by atoms with Gasteiger partial charge in [-0.2, -0.15) is 0 Å². The van der Waals surface area contributed by atoms with Gasteiger partial charge in [-0.3, -0.25) is 9.74 Å². The molecule has 18 heavy (non-hydrogen) atoms. The Morgan fingerprint density at radius 2 is 2.17 bits per heavy atom. The molecule has 0 amide bonds. The van der Waals surface area contributed by atoms with E-state index in [1.807, 2.05) is 13.1 Å². The van der Waals surface area contributed by atoms with E-state index in [0.717, 1.165) is 25.3 Å². The van der Waals surface area contributed by atoms with Gasteiger partial charge in [0.2, 0.25) is 0 Å². The van der Waals surface area contributed by atoms with Crippen LogP contribution in [0.1, 0.15) is 19.8 Å². The number of likely N-dealkylation sites (N-methyl/N-ethyl adjacent to an activating group) is 1. The number of piperidine rings is 1. The Labute approximate surface area is 109 Å². The second-order valence-electron chi connectivity index (χ2n) is 5.10. The van der Waals surface area contributed by atoms with E-state index in [1.54, 1.807) is 5.06 Å². The Kier molecular flexibility index (Phi) is 4.88. The minimum atomic E-state index is -0.0187. The molecule has 0 aromatic heterocycles. The minimum absolute atomic E-state index is 0.0187. The molecular weight excluding hydrogens is 230 g/mol. The number of hydrogen-bond donors (Lipinski definition) is 1. The Hall–Kier alpha value is -0.750. The Morgan fingerprint density at radius 3 is 2.78 bits per heavy atom. The summed E-state index contributed by atoms with van der Waals surface area (Å²) in [7, 11) is 1.98. The average Bonchev–Trinajstić information content (AvgIpc) is 3.11. The molecule has 5 heteroatoms. The number of carbonyl (C=O) groups excluding carboxylic acids is 1. The summed E-state index contributed by atoms with van der Waals surface area (Å²) in [6.07, 6.45) is 7.78. The molecule has 2 aliphatic rings. The quantitative estimate of drug-likeness (QED) is 0.426. The van der Waals surface area contributed by atoms with Gasteiger partial charge in [-0.25, -0.2) is 0 Å². The maximum atomic E-state index is 10.3. The summed E-state index contributed by atoms with van der Waals surface area (Å²) in [6, 6.07) is 0. The molecule has 0 aromatic carbocycles. The van der Waals surface area contributed by atoms with E-state index in [9.17, 15) is 4.79 Å². The zero-order chi connectivity index (χ0) is 13.0. The second kappa shape index (κ2) is 6.43. The third kappa shape index (κ3) is 3.62. The molecule has 3 unspecified atom stereocenters. The molecule has 5 nitrogen and oxygen atoms in total. The molecule has 0 aliphatic carbocycles. The number of nitrogens with zero attached hydrogens (tertiary/aromatic N) is 2. The zero-order valence-electron chi connectivity index (χ0n) is 11.2. The standard InChI is InChI=1S/C13H23N3O2/c1-11-5-7-15(8-6-11)12(14-2)3-4-13-16(18-13)9-10-17/h3-4,10-14H,5-9H2,1-2H3/b4-3-. The van der Waals surface area contributed by atoms with Gasteiger partial charge in [0, 0.05) is 13.1 Å². The van der Waals surface area contributed by atoms with Crippen LogP contribution in [0.5, 0.6) is 0 Å². The van der Waals surface area contributed by atoms with Crippen molar-refractivity contribution in [1.29, 1.82) is 0 Å².